The highest BCUT2D eigenvalue weighted by atomic mass is 16.5. The molecule has 1 unspecified atom stereocenters. The van der Waals surface area contributed by atoms with Gasteiger partial charge in [-0.3, -0.25) is 4.79 Å². The minimum absolute atomic E-state index is 0.0786. The van der Waals surface area contributed by atoms with E-state index in [9.17, 15) is 4.79 Å². The second-order valence-corrected chi connectivity index (χ2v) is 6.97. The monoisotopic (exact) mass is 369 g/mol. The number of aromatic nitrogens is 2. The van der Waals surface area contributed by atoms with Crippen LogP contribution in [0.25, 0.3) is 22.4 Å². The molecule has 1 amide bonds. The van der Waals surface area contributed by atoms with Crippen molar-refractivity contribution in [2.75, 3.05) is 6.54 Å². The first-order chi connectivity index (χ1) is 13.8. The van der Waals surface area contributed by atoms with Crippen LogP contribution in [-0.4, -0.2) is 22.4 Å². The minimum atomic E-state index is 0.0786. The van der Waals surface area contributed by atoms with Crippen molar-refractivity contribution >= 4 is 16.9 Å². The Labute approximate surface area is 162 Å². The maximum absolute atomic E-state index is 11.8. The fraction of sp³-hybridized carbons (Fsp3) is 0.130. The summed E-state index contributed by atoms with van der Waals surface area (Å²) in [7, 11) is 0. The topological polar surface area (TPSA) is 67.0 Å². The largest absolute Gasteiger partial charge is 0.457 e. The second-order valence-electron chi connectivity index (χ2n) is 6.97. The average molecular weight is 369 g/mol. The van der Waals surface area contributed by atoms with Crippen molar-refractivity contribution in [2.45, 2.75) is 12.3 Å². The number of fused-ring (bicyclic) bond motifs is 1. The van der Waals surface area contributed by atoms with Crippen LogP contribution in [0.5, 0.6) is 11.5 Å². The van der Waals surface area contributed by atoms with Crippen molar-refractivity contribution < 1.29 is 9.53 Å². The van der Waals surface area contributed by atoms with Crippen molar-refractivity contribution in [2.24, 2.45) is 0 Å². The number of benzene rings is 3. The number of para-hydroxylation sites is 3. The summed E-state index contributed by atoms with van der Waals surface area (Å²) in [5, 5.41) is 2.93. The van der Waals surface area contributed by atoms with E-state index in [0.29, 0.717) is 13.0 Å². The zero-order chi connectivity index (χ0) is 18.9. The second kappa shape index (κ2) is 6.85. The molecule has 0 spiro atoms. The Balaban J connectivity index is 1.58. The van der Waals surface area contributed by atoms with Gasteiger partial charge in [-0.15, -0.1) is 0 Å². The molecule has 1 aliphatic rings. The SMILES string of the molecule is O=C1CC(c2cc(Oc3ccccc3)ccc2-c2nc3ccccc3[nH]2)CN1. The van der Waals surface area contributed by atoms with E-state index in [-0.39, 0.29) is 11.8 Å². The van der Waals surface area contributed by atoms with E-state index in [4.69, 9.17) is 9.72 Å². The zero-order valence-electron chi connectivity index (χ0n) is 15.2. The summed E-state index contributed by atoms with van der Waals surface area (Å²) in [6.07, 6.45) is 0.474. The normalized spacial score (nSPS) is 16.3. The van der Waals surface area contributed by atoms with Gasteiger partial charge in [0.05, 0.1) is 11.0 Å². The summed E-state index contributed by atoms with van der Waals surface area (Å²) in [6, 6.07) is 23.7. The van der Waals surface area contributed by atoms with Gasteiger partial charge in [-0.2, -0.15) is 0 Å². The molecular weight excluding hydrogens is 350 g/mol. The number of carbonyl (C=O) groups excluding carboxylic acids is 1. The van der Waals surface area contributed by atoms with Gasteiger partial charge in [0.1, 0.15) is 17.3 Å². The van der Waals surface area contributed by atoms with E-state index < -0.39 is 0 Å². The lowest BCUT2D eigenvalue weighted by atomic mass is 9.92. The van der Waals surface area contributed by atoms with Crippen LogP contribution in [-0.2, 0) is 4.79 Å². The Morgan fingerprint density at radius 3 is 2.54 bits per heavy atom. The molecule has 4 aromatic rings. The molecule has 138 valence electrons. The first kappa shape index (κ1) is 16.6. The van der Waals surface area contributed by atoms with Crippen LogP contribution in [0, 0.1) is 0 Å². The fourth-order valence-electron chi connectivity index (χ4n) is 3.69. The lowest BCUT2D eigenvalue weighted by molar-refractivity contribution is -0.119. The highest BCUT2D eigenvalue weighted by Gasteiger charge is 2.27. The predicted molar refractivity (Wildman–Crippen MR) is 108 cm³/mol. The van der Waals surface area contributed by atoms with E-state index in [2.05, 4.69) is 10.3 Å². The fourth-order valence-corrected chi connectivity index (χ4v) is 3.69. The lowest BCUT2D eigenvalue weighted by Crippen LogP contribution is -2.13. The molecule has 1 aliphatic heterocycles. The van der Waals surface area contributed by atoms with Crippen LogP contribution < -0.4 is 10.1 Å². The standard InChI is InChI=1S/C23H19N3O2/c27-22-12-15(14-24-22)19-13-17(28-16-6-2-1-3-7-16)10-11-18(19)23-25-20-8-4-5-9-21(20)26-23/h1-11,13,15H,12,14H2,(H,24,27)(H,25,26). The number of nitrogens with one attached hydrogen (secondary N) is 2. The molecule has 0 aliphatic carbocycles. The van der Waals surface area contributed by atoms with Crippen molar-refractivity contribution in [1.82, 2.24) is 15.3 Å². The third-order valence-electron chi connectivity index (χ3n) is 5.06. The van der Waals surface area contributed by atoms with Crippen LogP contribution >= 0.6 is 0 Å². The molecule has 1 aromatic heterocycles. The van der Waals surface area contributed by atoms with Gasteiger partial charge in [0.15, 0.2) is 0 Å². The molecular formula is C23H19N3O2. The third kappa shape index (κ3) is 3.11. The average Bonchev–Trinajstić information content (AvgIpc) is 3.35. The zero-order valence-corrected chi connectivity index (χ0v) is 15.2. The van der Waals surface area contributed by atoms with Gasteiger partial charge in [-0.25, -0.2) is 4.98 Å². The van der Waals surface area contributed by atoms with E-state index in [1.165, 1.54) is 0 Å². The van der Waals surface area contributed by atoms with E-state index >= 15 is 0 Å². The number of nitrogens with zero attached hydrogens (tertiary/aromatic N) is 1. The highest BCUT2D eigenvalue weighted by molar-refractivity contribution is 5.82. The summed E-state index contributed by atoms with van der Waals surface area (Å²) in [5.74, 6) is 2.51. The van der Waals surface area contributed by atoms with Crippen molar-refractivity contribution in [3.8, 4) is 22.9 Å². The molecule has 28 heavy (non-hydrogen) atoms. The van der Waals surface area contributed by atoms with Crippen LogP contribution in [0.1, 0.15) is 17.9 Å². The van der Waals surface area contributed by atoms with E-state index in [0.717, 1.165) is 39.5 Å². The Kier molecular flexibility index (Phi) is 4.05. The Morgan fingerprint density at radius 2 is 1.75 bits per heavy atom. The van der Waals surface area contributed by atoms with E-state index in [1.807, 2.05) is 72.8 Å². The number of H-pyrrole nitrogens is 1. The number of imidazole rings is 1. The summed E-state index contributed by atoms with van der Waals surface area (Å²) < 4.78 is 6.02. The highest BCUT2D eigenvalue weighted by Crippen LogP contribution is 2.36. The van der Waals surface area contributed by atoms with Crippen molar-refractivity contribution in [3.05, 3.63) is 78.4 Å². The van der Waals surface area contributed by atoms with Crippen molar-refractivity contribution in [1.29, 1.82) is 0 Å². The molecule has 5 nitrogen and oxygen atoms in total. The van der Waals surface area contributed by atoms with Crippen LogP contribution in [0.15, 0.2) is 72.8 Å². The Morgan fingerprint density at radius 1 is 0.929 bits per heavy atom. The number of hydrogen-bond donors (Lipinski definition) is 2. The van der Waals surface area contributed by atoms with Gasteiger partial charge in [-0.05, 0) is 48.0 Å². The molecule has 2 N–H and O–H groups in total. The van der Waals surface area contributed by atoms with Crippen LogP contribution in [0.3, 0.4) is 0 Å². The van der Waals surface area contributed by atoms with Crippen molar-refractivity contribution in [3.63, 3.8) is 0 Å². The number of carbonyl (C=O) groups is 1. The number of hydrogen-bond acceptors (Lipinski definition) is 3. The van der Waals surface area contributed by atoms with Gasteiger partial charge >= 0.3 is 0 Å². The number of aromatic amines is 1. The van der Waals surface area contributed by atoms with Gasteiger partial charge < -0.3 is 15.0 Å². The number of amides is 1. The summed E-state index contributed by atoms with van der Waals surface area (Å²) >= 11 is 0. The Bertz CT molecular complexity index is 1120. The molecule has 5 heteroatoms. The molecule has 1 fully saturated rings. The first-order valence-corrected chi connectivity index (χ1v) is 9.35. The predicted octanol–water partition coefficient (Wildman–Crippen LogP) is 4.63. The van der Waals surface area contributed by atoms with Crippen LogP contribution in [0.4, 0.5) is 0 Å². The Hall–Kier alpha value is -3.60. The van der Waals surface area contributed by atoms with E-state index in [1.54, 1.807) is 0 Å². The quantitative estimate of drug-likeness (QED) is 0.551. The summed E-state index contributed by atoms with van der Waals surface area (Å²) in [4.78, 5) is 20.0. The lowest BCUT2D eigenvalue weighted by Gasteiger charge is -2.15. The third-order valence-corrected chi connectivity index (χ3v) is 5.06. The molecule has 1 saturated heterocycles. The number of rotatable bonds is 4. The molecule has 0 bridgehead atoms. The minimum Gasteiger partial charge on any atom is -0.457 e. The smallest absolute Gasteiger partial charge is 0.220 e. The van der Waals surface area contributed by atoms with Gasteiger partial charge in [0.25, 0.3) is 0 Å². The van der Waals surface area contributed by atoms with Gasteiger partial charge in [-0.1, -0.05) is 30.3 Å². The first-order valence-electron chi connectivity index (χ1n) is 9.35. The summed E-state index contributed by atoms with van der Waals surface area (Å²) in [5.41, 5.74) is 3.98. The van der Waals surface area contributed by atoms with Gasteiger partial charge in [0.2, 0.25) is 5.91 Å². The summed E-state index contributed by atoms with van der Waals surface area (Å²) in [6.45, 7) is 0.626. The molecule has 3 aromatic carbocycles. The molecule has 1 atom stereocenters. The molecule has 0 saturated carbocycles. The maximum Gasteiger partial charge on any atom is 0.220 e. The molecule has 2 heterocycles. The maximum atomic E-state index is 11.8. The van der Waals surface area contributed by atoms with Crippen LogP contribution in [0.2, 0.25) is 0 Å². The molecule has 5 rings (SSSR count). The number of ether oxygens (including phenoxy) is 1. The molecule has 0 radical (unpaired) electrons. The van der Waals surface area contributed by atoms with Gasteiger partial charge in [0, 0.05) is 24.4 Å².